The van der Waals surface area contributed by atoms with E-state index in [-0.39, 0.29) is 36.9 Å². The standard InChI is InChI=1S/C27H29F4NO4S/c1-37(34,35)26-17-25(11-8-22(26)12-14-33)36-15-3-13-32(18-20-6-9-24(28)10-7-20)19-21-4-2-5-23(16-21)27(29,30)31/h2,4-11,16-17,33H,3,12-15,18-19H2,1H3. The summed E-state index contributed by atoms with van der Waals surface area (Å²) in [6.45, 7) is 1.17. The van der Waals surface area contributed by atoms with Gasteiger partial charge in [0.2, 0.25) is 0 Å². The maximum atomic E-state index is 13.3. The monoisotopic (exact) mass is 539 g/mol. The summed E-state index contributed by atoms with van der Waals surface area (Å²) in [5.74, 6) is -0.00914. The second-order valence-corrected chi connectivity index (χ2v) is 10.7. The number of nitrogens with zero attached hydrogens (tertiary/aromatic N) is 1. The van der Waals surface area contributed by atoms with Gasteiger partial charge >= 0.3 is 6.18 Å². The fraction of sp³-hybridized carbons (Fsp3) is 0.333. The summed E-state index contributed by atoms with van der Waals surface area (Å²) in [7, 11) is -3.51. The van der Waals surface area contributed by atoms with Gasteiger partial charge in [-0.25, -0.2) is 12.8 Å². The molecule has 3 aromatic rings. The molecular formula is C27H29F4NO4S. The minimum Gasteiger partial charge on any atom is -0.494 e. The molecule has 0 aromatic heterocycles. The van der Waals surface area contributed by atoms with Gasteiger partial charge in [-0.15, -0.1) is 0 Å². The Labute approximate surface area is 214 Å². The Bertz CT molecular complexity index is 1280. The summed E-state index contributed by atoms with van der Waals surface area (Å²) in [5, 5.41) is 9.18. The zero-order valence-corrected chi connectivity index (χ0v) is 21.2. The van der Waals surface area contributed by atoms with Gasteiger partial charge in [-0.2, -0.15) is 13.2 Å². The van der Waals surface area contributed by atoms with E-state index in [2.05, 4.69) is 0 Å². The Balaban J connectivity index is 1.68. The van der Waals surface area contributed by atoms with Crippen LogP contribution < -0.4 is 4.74 Å². The fourth-order valence-corrected chi connectivity index (χ4v) is 4.92. The SMILES string of the molecule is CS(=O)(=O)c1cc(OCCCN(Cc2ccc(F)cc2)Cc2cccc(C(F)(F)F)c2)ccc1CCO. The van der Waals surface area contributed by atoms with Gasteiger partial charge in [0.05, 0.1) is 17.1 Å². The highest BCUT2D eigenvalue weighted by Crippen LogP contribution is 2.30. The number of ether oxygens (including phenoxy) is 1. The van der Waals surface area contributed by atoms with Crippen molar-refractivity contribution < 1.29 is 35.8 Å². The summed E-state index contributed by atoms with van der Waals surface area (Å²) in [6, 6.07) is 15.8. The zero-order valence-electron chi connectivity index (χ0n) is 20.3. The van der Waals surface area contributed by atoms with E-state index in [1.54, 1.807) is 30.3 Å². The number of aliphatic hydroxyl groups excluding tert-OH is 1. The number of alkyl halides is 3. The highest BCUT2D eigenvalue weighted by Gasteiger charge is 2.30. The fourth-order valence-electron chi connectivity index (χ4n) is 3.94. The lowest BCUT2D eigenvalue weighted by Crippen LogP contribution is -2.25. The van der Waals surface area contributed by atoms with E-state index >= 15 is 0 Å². The lowest BCUT2D eigenvalue weighted by Gasteiger charge is -2.23. The number of aliphatic hydroxyl groups is 1. The molecule has 37 heavy (non-hydrogen) atoms. The van der Waals surface area contributed by atoms with Gasteiger partial charge in [-0.3, -0.25) is 4.90 Å². The minimum atomic E-state index is -4.44. The third kappa shape index (κ3) is 8.84. The normalized spacial score (nSPS) is 12.2. The summed E-state index contributed by atoms with van der Waals surface area (Å²) < 4.78 is 82.8. The third-order valence-electron chi connectivity index (χ3n) is 5.69. The Kier molecular flexibility index (Phi) is 9.69. The third-order valence-corrected chi connectivity index (χ3v) is 6.87. The molecule has 0 atom stereocenters. The highest BCUT2D eigenvalue weighted by molar-refractivity contribution is 7.90. The number of benzene rings is 3. The van der Waals surface area contributed by atoms with Gasteiger partial charge in [0.1, 0.15) is 11.6 Å². The molecule has 0 saturated heterocycles. The van der Waals surface area contributed by atoms with Crippen LogP contribution in [0.1, 0.15) is 28.7 Å². The molecule has 5 nitrogen and oxygen atoms in total. The number of sulfone groups is 1. The quantitative estimate of drug-likeness (QED) is 0.252. The second-order valence-electron chi connectivity index (χ2n) is 8.75. The summed E-state index contributed by atoms with van der Waals surface area (Å²) in [5.41, 5.74) is 1.09. The molecule has 0 aliphatic carbocycles. The Hall–Kier alpha value is -2.95. The van der Waals surface area contributed by atoms with Crippen LogP contribution in [0.15, 0.2) is 71.6 Å². The van der Waals surface area contributed by atoms with Crippen molar-refractivity contribution in [1.29, 1.82) is 0 Å². The van der Waals surface area contributed by atoms with Crippen LogP contribution in [0.2, 0.25) is 0 Å². The van der Waals surface area contributed by atoms with E-state index in [1.807, 2.05) is 4.90 Å². The molecule has 10 heteroatoms. The predicted molar refractivity (Wildman–Crippen MR) is 132 cm³/mol. The molecule has 0 aliphatic rings. The predicted octanol–water partition coefficient (Wildman–Crippen LogP) is 5.25. The molecule has 0 amide bonds. The van der Waals surface area contributed by atoms with Crippen LogP contribution in [0.5, 0.6) is 5.75 Å². The molecule has 3 aromatic carbocycles. The summed E-state index contributed by atoms with van der Waals surface area (Å²) in [4.78, 5) is 2.04. The second kappa shape index (κ2) is 12.5. The first kappa shape index (κ1) is 28.6. The van der Waals surface area contributed by atoms with Crippen LogP contribution in [0.25, 0.3) is 0 Å². The molecule has 0 bridgehead atoms. The summed E-state index contributed by atoms with van der Waals surface area (Å²) in [6.07, 6.45) is -2.64. The molecule has 0 fully saturated rings. The van der Waals surface area contributed by atoms with Gasteiger partial charge in [0, 0.05) is 32.5 Å². The summed E-state index contributed by atoms with van der Waals surface area (Å²) >= 11 is 0. The number of hydrogen-bond donors (Lipinski definition) is 1. The van der Waals surface area contributed by atoms with E-state index in [1.165, 1.54) is 24.3 Å². The average molecular weight is 540 g/mol. The van der Waals surface area contributed by atoms with Crippen LogP contribution >= 0.6 is 0 Å². The maximum Gasteiger partial charge on any atom is 0.416 e. The van der Waals surface area contributed by atoms with Crippen LogP contribution in [0, 0.1) is 5.82 Å². The van der Waals surface area contributed by atoms with E-state index < -0.39 is 21.6 Å². The van der Waals surface area contributed by atoms with E-state index in [0.29, 0.717) is 36.4 Å². The molecular weight excluding hydrogens is 510 g/mol. The molecule has 1 N–H and O–H groups in total. The molecule has 0 saturated carbocycles. The molecule has 0 radical (unpaired) electrons. The van der Waals surface area contributed by atoms with Gasteiger partial charge in [0.15, 0.2) is 9.84 Å². The first-order valence-electron chi connectivity index (χ1n) is 11.7. The van der Waals surface area contributed by atoms with E-state index in [9.17, 15) is 31.1 Å². The molecule has 200 valence electrons. The zero-order chi connectivity index (χ0) is 27.1. The first-order chi connectivity index (χ1) is 17.5. The lowest BCUT2D eigenvalue weighted by atomic mass is 10.1. The van der Waals surface area contributed by atoms with Gasteiger partial charge in [-0.1, -0.05) is 36.4 Å². The van der Waals surface area contributed by atoms with E-state index in [0.717, 1.165) is 24.0 Å². The first-order valence-corrected chi connectivity index (χ1v) is 13.5. The van der Waals surface area contributed by atoms with Crippen molar-refractivity contribution in [1.82, 2.24) is 4.90 Å². The molecule has 0 spiro atoms. The molecule has 0 aliphatic heterocycles. The average Bonchev–Trinajstić information content (AvgIpc) is 2.83. The highest BCUT2D eigenvalue weighted by atomic mass is 32.2. The number of hydrogen-bond acceptors (Lipinski definition) is 5. The van der Waals surface area contributed by atoms with Crippen molar-refractivity contribution in [3.63, 3.8) is 0 Å². The van der Waals surface area contributed by atoms with Gasteiger partial charge < -0.3 is 9.84 Å². The van der Waals surface area contributed by atoms with Crippen molar-refractivity contribution in [2.75, 3.05) is 26.0 Å². The lowest BCUT2D eigenvalue weighted by molar-refractivity contribution is -0.137. The van der Waals surface area contributed by atoms with Gasteiger partial charge in [-0.05, 0) is 59.9 Å². The number of halogens is 4. The Morgan fingerprint density at radius 2 is 1.65 bits per heavy atom. The number of rotatable bonds is 12. The van der Waals surface area contributed by atoms with Crippen molar-refractivity contribution >= 4 is 9.84 Å². The molecule has 0 heterocycles. The van der Waals surface area contributed by atoms with Crippen molar-refractivity contribution in [3.05, 3.63) is 94.8 Å². The van der Waals surface area contributed by atoms with Crippen LogP contribution in [-0.4, -0.2) is 44.4 Å². The van der Waals surface area contributed by atoms with Crippen LogP contribution in [0.3, 0.4) is 0 Å². The maximum absolute atomic E-state index is 13.3. The minimum absolute atomic E-state index is 0.0986. The van der Waals surface area contributed by atoms with E-state index in [4.69, 9.17) is 4.74 Å². The van der Waals surface area contributed by atoms with Crippen molar-refractivity contribution in [2.45, 2.75) is 37.0 Å². The largest absolute Gasteiger partial charge is 0.494 e. The Morgan fingerprint density at radius 1 is 0.946 bits per heavy atom. The van der Waals surface area contributed by atoms with Crippen molar-refractivity contribution in [2.24, 2.45) is 0 Å². The topological polar surface area (TPSA) is 66.8 Å². The Morgan fingerprint density at radius 3 is 2.30 bits per heavy atom. The van der Waals surface area contributed by atoms with Gasteiger partial charge in [0.25, 0.3) is 0 Å². The van der Waals surface area contributed by atoms with Crippen molar-refractivity contribution in [3.8, 4) is 5.75 Å². The molecule has 3 rings (SSSR count). The van der Waals surface area contributed by atoms with Crippen LogP contribution in [-0.2, 0) is 35.5 Å². The smallest absolute Gasteiger partial charge is 0.416 e. The van der Waals surface area contributed by atoms with Crippen LogP contribution in [0.4, 0.5) is 17.6 Å². The molecule has 0 unspecified atom stereocenters.